The van der Waals surface area contributed by atoms with Crippen LogP contribution in [-0.4, -0.2) is 48.8 Å². The van der Waals surface area contributed by atoms with Gasteiger partial charge in [0.05, 0.1) is 11.5 Å². The number of hydrogen-bond donors (Lipinski definition) is 1. The quantitative estimate of drug-likeness (QED) is 0.846. The maximum absolute atomic E-state index is 13.1. The lowest BCUT2D eigenvalue weighted by atomic mass is 10.1. The second-order valence-corrected chi connectivity index (χ2v) is 9.57. The number of hydrogen-bond acceptors (Lipinski definition) is 5. The summed E-state index contributed by atoms with van der Waals surface area (Å²) >= 11 is 0. The molecule has 0 saturated carbocycles. The fourth-order valence-corrected chi connectivity index (χ4v) is 5.52. The number of carbonyl (C=O) groups is 2. The van der Waals surface area contributed by atoms with Gasteiger partial charge in [-0.05, 0) is 43.5 Å². The Balaban J connectivity index is 1.54. The highest BCUT2D eigenvalue weighted by atomic mass is 32.2. The molecule has 1 aromatic carbocycles. The molecule has 7 nitrogen and oxygen atoms in total. The largest absolute Gasteiger partial charge is 0.347 e. The van der Waals surface area contributed by atoms with Crippen LogP contribution in [-0.2, 0) is 16.3 Å². The third-order valence-electron chi connectivity index (χ3n) is 5.19. The minimum Gasteiger partial charge on any atom is -0.347 e. The van der Waals surface area contributed by atoms with Crippen LogP contribution < -0.4 is 10.2 Å². The van der Waals surface area contributed by atoms with Crippen LogP contribution in [0.1, 0.15) is 39.9 Å². The van der Waals surface area contributed by atoms with Gasteiger partial charge in [-0.15, -0.1) is 0 Å². The fourth-order valence-electron chi connectivity index (χ4n) is 3.85. The van der Waals surface area contributed by atoms with E-state index in [0.29, 0.717) is 6.42 Å². The summed E-state index contributed by atoms with van der Waals surface area (Å²) in [5, 5.41) is 2.71. The number of carbonyl (C=O) groups excluding carboxylic acids is 2. The van der Waals surface area contributed by atoms with E-state index in [9.17, 15) is 18.0 Å². The average molecular weight is 399 g/mol. The number of nitrogens with one attached hydrogen (secondary N) is 1. The number of aromatic nitrogens is 1. The van der Waals surface area contributed by atoms with E-state index in [2.05, 4.69) is 10.3 Å². The Labute approximate surface area is 163 Å². The molecule has 2 atom stereocenters. The van der Waals surface area contributed by atoms with Crippen molar-refractivity contribution in [2.45, 2.75) is 31.8 Å². The number of para-hydroxylation sites is 1. The van der Waals surface area contributed by atoms with Crippen LogP contribution in [0.15, 0.2) is 42.5 Å². The lowest BCUT2D eigenvalue weighted by molar-refractivity contribution is 0.0935. The molecule has 2 aromatic rings. The SMILES string of the molecule is CC1Cc2ccccc2N1C(=O)c1cccc(C(=O)NC2CCS(=O)(=O)C2)n1. The number of benzene rings is 1. The monoisotopic (exact) mass is 399 g/mol. The van der Waals surface area contributed by atoms with Gasteiger partial charge in [-0.3, -0.25) is 9.59 Å². The summed E-state index contributed by atoms with van der Waals surface area (Å²) < 4.78 is 23.1. The van der Waals surface area contributed by atoms with E-state index in [1.54, 1.807) is 17.0 Å². The number of fused-ring (bicyclic) bond motifs is 1. The van der Waals surface area contributed by atoms with Crippen molar-refractivity contribution >= 4 is 27.3 Å². The summed E-state index contributed by atoms with van der Waals surface area (Å²) in [4.78, 5) is 31.5. The average Bonchev–Trinajstić information content (AvgIpc) is 3.19. The lowest BCUT2D eigenvalue weighted by Gasteiger charge is -2.22. The molecule has 0 radical (unpaired) electrons. The van der Waals surface area contributed by atoms with Gasteiger partial charge in [0.15, 0.2) is 9.84 Å². The first kappa shape index (κ1) is 18.6. The summed E-state index contributed by atoms with van der Waals surface area (Å²) in [7, 11) is -3.09. The van der Waals surface area contributed by atoms with Crippen LogP contribution in [0.3, 0.4) is 0 Å². The van der Waals surface area contributed by atoms with E-state index in [4.69, 9.17) is 0 Å². The Morgan fingerprint density at radius 1 is 1.11 bits per heavy atom. The Hall–Kier alpha value is -2.74. The highest BCUT2D eigenvalue weighted by molar-refractivity contribution is 7.91. The predicted molar refractivity (Wildman–Crippen MR) is 105 cm³/mol. The standard InChI is InChI=1S/C20H21N3O4S/c1-13-11-14-5-2-3-8-18(14)23(13)20(25)17-7-4-6-16(22-17)19(24)21-15-9-10-28(26,27)12-15/h2-8,13,15H,9-12H2,1H3,(H,21,24). The van der Waals surface area contributed by atoms with E-state index in [-0.39, 0.29) is 34.8 Å². The lowest BCUT2D eigenvalue weighted by Crippen LogP contribution is -2.38. The fraction of sp³-hybridized carbons (Fsp3) is 0.350. The van der Waals surface area contributed by atoms with E-state index >= 15 is 0 Å². The molecule has 1 aromatic heterocycles. The molecule has 2 unspecified atom stereocenters. The van der Waals surface area contributed by atoms with Crippen molar-refractivity contribution in [2.24, 2.45) is 0 Å². The molecule has 1 N–H and O–H groups in total. The van der Waals surface area contributed by atoms with Gasteiger partial charge in [0.2, 0.25) is 0 Å². The number of nitrogens with zero attached hydrogens (tertiary/aromatic N) is 2. The van der Waals surface area contributed by atoms with Gasteiger partial charge >= 0.3 is 0 Å². The molecule has 8 heteroatoms. The second-order valence-electron chi connectivity index (χ2n) is 7.34. The van der Waals surface area contributed by atoms with E-state index < -0.39 is 21.8 Å². The van der Waals surface area contributed by atoms with E-state index in [1.807, 2.05) is 31.2 Å². The third kappa shape index (κ3) is 3.52. The highest BCUT2D eigenvalue weighted by Gasteiger charge is 2.33. The molecule has 0 bridgehead atoms. The third-order valence-corrected chi connectivity index (χ3v) is 6.96. The van der Waals surface area contributed by atoms with Crippen LogP contribution in [0.5, 0.6) is 0 Å². The smallest absolute Gasteiger partial charge is 0.277 e. The molecular formula is C20H21N3O4S. The number of anilines is 1. The summed E-state index contributed by atoms with van der Waals surface area (Å²) in [5.74, 6) is -0.697. The van der Waals surface area contributed by atoms with Gasteiger partial charge in [-0.1, -0.05) is 24.3 Å². The molecule has 0 spiro atoms. The number of sulfone groups is 1. The Morgan fingerprint density at radius 3 is 2.61 bits per heavy atom. The predicted octanol–water partition coefficient (Wildman–Crippen LogP) is 1.59. The van der Waals surface area contributed by atoms with Crippen molar-refractivity contribution in [3.05, 3.63) is 59.4 Å². The van der Waals surface area contributed by atoms with Crippen molar-refractivity contribution in [1.29, 1.82) is 0 Å². The van der Waals surface area contributed by atoms with E-state index in [1.165, 1.54) is 6.07 Å². The minimum atomic E-state index is -3.09. The van der Waals surface area contributed by atoms with Crippen molar-refractivity contribution in [3.8, 4) is 0 Å². The number of rotatable bonds is 3. The van der Waals surface area contributed by atoms with Gasteiger partial charge in [0.25, 0.3) is 11.8 Å². The van der Waals surface area contributed by atoms with Gasteiger partial charge in [0, 0.05) is 17.8 Å². The molecule has 4 rings (SSSR count). The zero-order valence-corrected chi connectivity index (χ0v) is 16.3. The van der Waals surface area contributed by atoms with Crippen LogP contribution in [0.2, 0.25) is 0 Å². The zero-order valence-electron chi connectivity index (χ0n) is 15.5. The normalized spacial score (nSPS) is 22.7. The molecule has 1 saturated heterocycles. The van der Waals surface area contributed by atoms with Crippen molar-refractivity contribution in [3.63, 3.8) is 0 Å². The summed E-state index contributed by atoms with van der Waals surface area (Å²) in [6.45, 7) is 1.98. The first-order valence-electron chi connectivity index (χ1n) is 9.24. The maximum atomic E-state index is 13.1. The van der Waals surface area contributed by atoms with Crippen LogP contribution >= 0.6 is 0 Å². The van der Waals surface area contributed by atoms with Gasteiger partial charge in [-0.2, -0.15) is 0 Å². The van der Waals surface area contributed by atoms with Gasteiger partial charge in [0.1, 0.15) is 11.4 Å². The van der Waals surface area contributed by atoms with Crippen LogP contribution in [0.4, 0.5) is 5.69 Å². The van der Waals surface area contributed by atoms with Gasteiger partial charge in [-0.25, -0.2) is 13.4 Å². The van der Waals surface area contributed by atoms with E-state index in [0.717, 1.165) is 17.7 Å². The molecule has 2 amide bonds. The Morgan fingerprint density at radius 2 is 1.86 bits per heavy atom. The zero-order chi connectivity index (χ0) is 19.9. The number of amides is 2. The molecule has 2 aliphatic heterocycles. The van der Waals surface area contributed by atoms with Crippen molar-refractivity contribution in [2.75, 3.05) is 16.4 Å². The second kappa shape index (κ2) is 7.01. The molecule has 0 aliphatic carbocycles. The highest BCUT2D eigenvalue weighted by Crippen LogP contribution is 2.32. The first-order valence-corrected chi connectivity index (χ1v) is 11.1. The Bertz CT molecular complexity index is 1050. The first-order chi connectivity index (χ1) is 13.3. The molecule has 1 fully saturated rings. The van der Waals surface area contributed by atoms with Gasteiger partial charge < -0.3 is 10.2 Å². The summed E-state index contributed by atoms with van der Waals surface area (Å²) in [6.07, 6.45) is 1.17. The van der Waals surface area contributed by atoms with Crippen molar-refractivity contribution in [1.82, 2.24) is 10.3 Å². The molecule has 28 heavy (non-hydrogen) atoms. The molecule has 146 valence electrons. The maximum Gasteiger partial charge on any atom is 0.277 e. The topological polar surface area (TPSA) is 96.4 Å². The van der Waals surface area contributed by atoms with Crippen LogP contribution in [0.25, 0.3) is 0 Å². The summed E-state index contributed by atoms with van der Waals surface area (Å²) in [5.41, 5.74) is 2.28. The molecular weight excluding hydrogens is 378 g/mol. The molecule has 3 heterocycles. The number of pyridine rings is 1. The van der Waals surface area contributed by atoms with Crippen molar-refractivity contribution < 1.29 is 18.0 Å². The minimum absolute atomic E-state index is 0.00729. The summed E-state index contributed by atoms with van der Waals surface area (Å²) in [6, 6.07) is 12.1. The Kier molecular flexibility index (Phi) is 4.66. The molecule has 2 aliphatic rings. The van der Waals surface area contributed by atoms with Crippen LogP contribution in [0, 0.1) is 0 Å².